The van der Waals surface area contributed by atoms with Crippen molar-refractivity contribution >= 4 is 31.3 Å². The Morgan fingerprint density at radius 2 is 1.53 bits per heavy atom. The van der Waals surface area contributed by atoms with Crippen molar-refractivity contribution in [2.45, 2.75) is 48.8 Å². The van der Waals surface area contributed by atoms with Gasteiger partial charge in [0.05, 0.1) is 27.5 Å². The lowest BCUT2D eigenvalue weighted by molar-refractivity contribution is 0.0740. The van der Waals surface area contributed by atoms with Crippen LogP contribution >= 0.6 is 0 Å². The average Bonchev–Trinajstić information content (AvgIpc) is 2.79. The van der Waals surface area contributed by atoms with Gasteiger partial charge >= 0.3 is 0 Å². The maximum absolute atomic E-state index is 14.9. The van der Waals surface area contributed by atoms with E-state index < -0.39 is 47.4 Å². The molecule has 2 aromatic carbocycles. The number of halogens is 2. The molecule has 1 aliphatic heterocycles. The zero-order valence-electron chi connectivity index (χ0n) is 20.8. The van der Waals surface area contributed by atoms with Crippen molar-refractivity contribution < 1.29 is 35.1 Å². The summed E-state index contributed by atoms with van der Waals surface area (Å²) >= 11 is 0. The Balaban J connectivity index is 1.83. The van der Waals surface area contributed by atoms with Gasteiger partial charge in [-0.1, -0.05) is 0 Å². The highest BCUT2D eigenvalue weighted by atomic mass is 32.2. The summed E-state index contributed by atoms with van der Waals surface area (Å²) in [6.07, 6.45) is 0.793. The van der Waals surface area contributed by atoms with E-state index in [9.17, 15) is 30.4 Å². The predicted octanol–water partition coefficient (Wildman–Crippen LogP) is 3.30. The van der Waals surface area contributed by atoms with Crippen LogP contribution in [-0.4, -0.2) is 71.4 Å². The molecule has 0 spiro atoms. The van der Waals surface area contributed by atoms with E-state index in [2.05, 4.69) is 0 Å². The zero-order valence-corrected chi connectivity index (χ0v) is 22.4. The molecule has 0 unspecified atom stereocenters. The number of carbonyl (C=O) groups is 1. The molecule has 12 heteroatoms. The Hall–Kier alpha value is -2.73. The summed E-state index contributed by atoms with van der Waals surface area (Å²) in [5.74, 6) is -2.88. The molecule has 1 heterocycles. The van der Waals surface area contributed by atoms with Gasteiger partial charge in [0.2, 0.25) is 0 Å². The van der Waals surface area contributed by atoms with Crippen LogP contribution in [0, 0.1) is 11.6 Å². The van der Waals surface area contributed by atoms with Crippen molar-refractivity contribution in [2.75, 3.05) is 37.3 Å². The molecule has 198 valence electrons. The fraction of sp³-hybridized carbons (Fsp3) is 0.458. The number of rotatable bonds is 7. The second-order valence-electron chi connectivity index (χ2n) is 9.18. The number of nitrogens with zero attached hydrogens (tertiary/aromatic N) is 2. The van der Waals surface area contributed by atoms with E-state index in [4.69, 9.17) is 4.74 Å². The third-order valence-corrected chi connectivity index (χ3v) is 9.11. The molecular formula is C24H30F2N2O6S2. The van der Waals surface area contributed by atoms with Crippen LogP contribution in [0.15, 0.2) is 40.1 Å². The third-order valence-electron chi connectivity index (χ3n) is 5.83. The van der Waals surface area contributed by atoms with Crippen molar-refractivity contribution in [3.8, 4) is 5.75 Å². The molecule has 1 saturated heterocycles. The van der Waals surface area contributed by atoms with Crippen molar-refractivity contribution in [3.05, 3.63) is 47.5 Å². The molecule has 0 aliphatic carbocycles. The summed E-state index contributed by atoms with van der Waals surface area (Å²) in [7, 11) is -7.56. The molecule has 1 fully saturated rings. The highest BCUT2D eigenvalue weighted by Crippen LogP contribution is 2.30. The summed E-state index contributed by atoms with van der Waals surface area (Å²) in [6.45, 7) is 6.95. The van der Waals surface area contributed by atoms with Crippen LogP contribution in [0.5, 0.6) is 5.75 Å². The van der Waals surface area contributed by atoms with E-state index in [0.717, 1.165) is 12.3 Å². The topological polar surface area (TPSA) is 101 Å². The Bertz CT molecular complexity index is 1370. The lowest BCUT2D eigenvalue weighted by atomic mass is 10.1. The number of hydrogen-bond acceptors (Lipinski definition) is 7. The van der Waals surface area contributed by atoms with Crippen molar-refractivity contribution in [1.29, 1.82) is 0 Å². The van der Waals surface area contributed by atoms with Gasteiger partial charge in [-0.2, -0.15) is 0 Å². The second-order valence-corrected chi connectivity index (χ2v) is 13.7. The minimum Gasteiger partial charge on any atom is -0.490 e. The average molecular weight is 545 g/mol. The number of amides is 1. The van der Waals surface area contributed by atoms with Crippen LogP contribution < -0.4 is 9.64 Å². The summed E-state index contributed by atoms with van der Waals surface area (Å²) in [5.41, 5.74) is 0.00533. The third kappa shape index (κ3) is 5.64. The molecule has 0 saturated carbocycles. The standard InChI is InChI=1S/C24H30F2N2O6S2/c1-15(2)34-20-8-6-17(35(5,30)31)14-18(20)24(29)28-12-10-27(11-13-28)19-7-9-21(23(26)22(19)25)36(32,33)16(3)4/h6-9,14-16H,10-13H2,1-5H3. The number of ether oxygens (including phenoxy) is 1. The van der Waals surface area contributed by atoms with Gasteiger partial charge in [-0.25, -0.2) is 25.6 Å². The number of sulfone groups is 2. The number of carbonyl (C=O) groups excluding carboxylic acids is 1. The molecular weight excluding hydrogens is 514 g/mol. The van der Waals surface area contributed by atoms with Crippen LogP contribution in [0.25, 0.3) is 0 Å². The van der Waals surface area contributed by atoms with Gasteiger partial charge in [0.25, 0.3) is 5.91 Å². The molecule has 0 aromatic heterocycles. The van der Waals surface area contributed by atoms with Gasteiger partial charge in [0.15, 0.2) is 31.3 Å². The number of benzene rings is 2. The Labute approximate surface area is 210 Å². The Morgan fingerprint density at radius 3 is 2.06 bits per heavy atom. The molecule has 0 bridgehead atoms. The SMILES string of the molecule is CC(C)Oc1ccc(S(C)(=O)=O)cc1C(=O)N1CCN(c2ccc(S(=O)(=O)C(C)C)c(F)c2F)CC1. The first-order valence-corrected chi connectivity index (χ1v) is 14.8. The molecule has 1 aliphatic rings. The van der Waals surface area contributed by atoms with Gasteiger partial charge in [-0.05, 0) is 58.0 Å². The quantitative estimate of drug-likeness (QED) is 0.527. The molecule has 3 rings (SSSR count). The van der Waals surface area contributed by atoms with Gasteiger partial charge in [-0.3, -0.25) is 4.79 Å². The lowest BCUT2D eigenvalue weighted by Gasteiger charge is -2.36. The van der Waals surface area contributed by atoms with Gasteiger partial charge in [0.1, 0.15) is 10.6 Å². The highest BCUT2D eigenvalue weighted by molar-refractivity contribution is 7.92. The number of piperazine rings is 1. The first-order valence-electron chi connectivity index (χ1n) is 11.4. The van der Waals surface area contributed by atoms with E-state index in [0.29, 0.717) is 0 Å². The Kier molecular flexibility index (Phi) is 7.99. The first-order chi connectivity index (χ1) is 16.6. The van der Waals surface area contributed by atoms with Crippen molar-refractivity contribution in [2.24, 2.45) is 0 Å². The fourth-order valence-corrected chi connectivity index (χ4v) is 5.58. The molecule has 0 atom stereocenters. The van der Waals surface area contributed by atoms with Crippen molar-refractivity contribution in [1.82, 2.24) is 4.90 Å². The number of hydrogen-bond donors (Lipinski definition) is 0. The summed E-state index contributed by atoms with van der Waals surface area (Å²) in [5, 5.41) is -0.905. The van der Waals surface area contributed by atoms with Crippen LogP contribution in [0.3, 0.4) is 0 Å². The summed E-state index contributed by atoms with van der Waals surface area (Å²) < 4.78 is 83.9. The second kappa shape index (κ2) is 10.3. The van der Waals surface area contributed by atoms with E-state index in [-0.39, 0.29) is 54.2 Å². The maximum atomic E-state index is 14.9. The number of anilines is 1. The fourth-order valence-electron chi connectivity index (χ4n) is 3.82. The smallest absolute Gasteiger partial charge is 0.257 e. The minimum atomic E-state index is -4.00. The monoisotopic (exact) mass is 544 g/mol. The Morgan fingerprint density at radius 1 is 0.917 bits per heavy atom. The van der Waals surface area contributed by atoms with E-state index in [1.807, 2.05) is 0 Å². The normalized spacial score (nSPS) is 15.0. The van der Waals surface area contributed by atoms with E-state index in [1.54, 1.807) is 13.8 Å². The van der Waals surface area contributed by atoms with Crippen LogP contribution in [-0.2, 0) is 19.7 Å². The minimum absolute atomic E-state index is 0.0189. The van der Waals surface area contributed by atoms with Gasteiger partial charge < -0.3 is 14.5 Å². The van der Waals surface area contributed by atoms with Crippen LogP contribution in [0.4, 0.5) is 14.5 Å². The molecule has 36 heavy (non-hydrogen) atoms. The van der Waals surface area contributed by atoms with Gasteiger partial charge in [0, 0.05) is 32.4 Å². The largest absolute Gasteiger partial charge is 0.490 e. The van der Waals surface area contributed by atoms with Crippen LogP contribution in [0.2, 0.25) is 0 Å². The molecule has 8 nitrogen and oxygen atoms in total. The lowest BCUT2D eigenvalue weighted by Crippen LogP contribution is -2.49. The zero-order chi connectivity index (χ0) is 27.0. The summed E-state index contributed by atoms with van der Waals surface area (Å²) in [4.78, 5) is 15.6. The van der Waals surface area contributed by atoms with Gasteiger partial charge in [-0.15, -0.1) is 0 Å². The van der Waals surface area contributed by atoms with E-state index >= 15 is 0 Å². The van der Waals surface area contributed by atoms with Crippen molar-refractivity contribution in [3.63, 3.8) is 0 Å². The first kappa shape index (κ1) is 27.9. The van der Waals surface area contributed by atoms with Crippen LogP contribution in [0.1, 0.15) is 38.1 Å². The molecule has 0 radical (unpaired) electrons. The molecule has 2 aromatic rings. The van der Waals surface area contributed by atoms with E-state index in [1.165, 1.54) is 47.9 Å². The maximum Gasteiger partial charge on any atom is 0.257 e. The summed E-state index contributed by atoms with van der Waals surface area (Å²) in [6, 6.07) is 6.40. The highest BCUT2D eigenvalue weighted by Gasteiger charge is 2.30. The molecule has 1 amide bonds. The predicted molar refractivity (Wildman–Crippen MR) is 132 cm³/mol. The molecule has 0 N–H and O–H groups in total.